The average Bonchev–Trinajstić information content (AvgIpc) is 2.26. The number of ether oxygens (including phenoxy) is 1. The van der Waals surface area contributed by atoms with Gasteiger partial charge in [0, 0.05) is 12.8 Å². The van der Waals surface area contributed by atoms with Crippen LogP contribution in [0.3, 0.4) is 0 Å². The van der Waals surface area contributed by atoms with E-state index in [0.29, 0.717) is 18.9 Å². The van der Waals surface area contributed by atoms with Crippen molar-refractivity contribution in [2.24, 2.45) is 0 Å². The molecule has 0 fully saturated rings. The van der Waals surface area contributed by atoms with Gasteiger partial charge >= 0.3 is 0 Å². The fourth-order valence-corrected chi connectivity index (χ4v) is 1.30. The smallest absolute Gasteiger partial charge is 0.146 e. The number of nitrogens with zero attached hydrogens (tertiary/aromatic N) is 1. The minimum atomic E-state index is -0.294. The monoisotopic (exact) mass is 212 g/mol. The second-order valence-electron chi connectivity index (χ2n) is 3.29. The lowest BCUT2D eigenvalue weighted by Gasteiger charge is -2.15. The van der Waals surface area contributed by atoms with Crippen LogP contribution in [0.1, 0.15) is 25.1 Å². The van der Waals surface area contributed by atoms with E-state index in [0.717, 1.165) is 6.42 Å². The molecule has 1 aromatic rings. The summed E-state index contributed by atoms with van der Waals surface area (Å²) in [6.45, 7) is 3.17. The Balaban J connectivity index is 2.61. The minimum absolute atomic E-state index is 0.183. The molecule has 1 heterocycles. The highest BCUT2D eigenvalue weighted by Crippen LogP contribution is 2.13. The minimum Gasteiger partial charge on any atom is -0.379 e. The van der Waals surface area contributed by atoms with Crippen LogP contribution in [0.2, 0.25) is 0 Å². The zero-order valence-corrected chi connectivity index (χ0v) is 9.16. The van der Waals surface area contributed by atoms with E-state index in [1.165, 1.54) is 6.07 Å². The van der Waals surface area contributed by atoms with Crippen molar-refractivity contribution in [2.75, 3.05) is 20.3 Å². The molecule has 0 spiro atoms. The predicted octanol–water partition coefficient (Wildman–Crippen LogP) is 1.91. The number of halogens is 1. The molecule has 4 heteroatoms. The van der Waals surface area contributed by atoms with Crippen molar-refractivity contribution >= 4 is 0 Å². The van der Waals surface area contributed by atoms with Crippen molar-refractivity contribution in [1.82, 2.24) is 10.3 Å². The molecule has 0 bridgehead atoms. The molecule has 1 rings (SSSR count). The van der Waals surface area contributed by atoms with Gasteiger partial charge in [0.1, 0.15) is 5.82 Å². The number of rotatable bonds is 6. The summed E-state index contributed by atoms with van der Waals surface area (Å²) < 4.78 is 18.8. The molecule has 0 amide bonds. The van der Waals surface area contributed by atoms with E-state index in [4.69, 9.17) is 4.74 Å². The zero-order valence-electron chi connectivity index (χ0n) is 9.16. The zero-order chi connectivity index (χ0) is 11.1. The van der Waals surface area contributed by atoms with E-state index in [1.54, 1.807) is 19.3 Å². The van der Waals surface area contributed by atoms with E-state index in [1.807, 2.05) is 6.92 Å². The first kappa shape index (κ1) is 12.1. The summed E-state index contributed by atoms with van der Waals surface area (Å²) in [6.07, 6.45) is 2.55. The van der Waals surface area contributed by atoms with Gasteiger partial charge in [-0.15, -0.1) is 0 Å². The number of nitrogens with one attached hydrogen (secondary N) is 1. The fraction of sp³-hybridized carbons (Fsp3) is 0.545. The molecule has 1 aromatic heterocycles. The maximum Gasteiger partial charge on any atom is 0.146 e. The van der Waals surface area contributed by atoms with Gasteiger partial charge in [-0.1, -0.05) is 6.92 Å². The van der Waals surface area contributed by atoms with Crippen LogP contribution < -0.4 is 5.32 Å². The van der Waals surface area contributed by atoms with Crippen molar-refractivity contribution in [3.63, 3.8) is 0 Å². The molecule has 0 radical (unpaired) electrons. The number of hydrogen-bond donors (Lipinski definition) is 1. The lowest BCUT2D eigenvalue weighted by molar-refractivity contribution is 0.112. The van der Waals surface area contributed by atoms with E-state index in [9.17, 15) is 4.39 Å². The summed E-state index contributed by atoms with van der Waals surface area (Å²) in [7, 11) is 1.77. The molecule has 0 aliphatic heterocycles. The summed E-state index contributed by atoms with van der Waals surface area (Å²) in [5.41, 5.74) is 0.413. The molecule has 0 aliphatic rings. The average molecular weight is 212 g/mol. The quantitative estimate of drug-likeness (QED) is 0.731. The first-order valence-corrected chi connectivity index (χ1v) is 5.15. The Labute approximate surface area is 89.7 Å². The molecule has 3 nitrogen and oxygen atoms in total. The van der Waals surface area contributed by atoms with Crippen LogP contribution in [0, 0.1) is 5.82 Å². The number of pyridine rings is 1. The van der Waals surface area contributed by atoms with Crippen LogP contribution in [-0.4, -0.2) is 25.2 Å². The third kappa shape index (κ3) is 3.57. The summed E-state index contributed by atoms with van der Waals surface area (Å²) in [6, 6.07) is 2.81. The van der Waals surface area contributed by atoms with E-state index in [-0.39, 0.29) is 11.9 Å². The van der Waals surface area contributed by atoms with Gasteiger partial charge in [0.2, 0.25) is 0 Å². The van der Waals surface area contributed by atoms with Gasteiger partial charge < -0.3 is 10.1 Å². The third-order valence-electron chi connectivity index (χ3n) is 2.10. The standard InChI is InChI=1S/C11H17FN2O/c1-3-7-15-8-10(13-2)11-9(12)5-4-6-14-11/h4-6,10,13H,3,7-8H2,1-2H3. The molecular weight excluding hydrogens is 195 g/mol. The summed E-state index contributed by atoms with van der Waals surface area (Å²) in [5.74, 6) is -0.294. The molecular formula is C11H17FN2O. The highest BCUT2D eigenvalue weighted by molar-refractivity contribution is 5.11. The maximum atomic E-state index is 13.4. The van der Waals surface area contributed by atoms with Gasteiger partial charge in [0.15, 0.2) is 0 Å². The molecule has 1 unspecified atom stereocenters. The number of aromatic nitrogens is 1. The van der Waals surface area contributed by atoms with Crippen LogP contribution in [0.5, 0.6) is 0 Å². The van der Waals surface area contributed by atoms with Crippen molar-refractivity contribution < 1.29 is 9.13 Å². The lowest BCUT2D eigenvalue weighted by atomic mass is 10.2. The van der Waals surface area contributed by atoms with Crippen molar-refractivity contribution in [3.05, 3.63) is 29.8 Å². The molecule has 1 N–H and O–H groups in total. The van der Waals surface area contributed by atoms with Gasteiger partial charge in [-0.25, -0.2) is 4.39 Å². The largest absolute Gasteiger partial charge is 0.379 e. The summed E-state index contributed by atoms with van der Waals surface area (Å²) >= 11 is 0. The molecule has 0 aromatic carbocycles. The van der Waals surface area contributed by atoms with Crippen LogP contribution in [-0.2, 0) is 4.74 Å². The maximum absolute atomic E-state index is 13.4. The molecule has 84 valence electrons. The predicted molar refractivity (Wildman–Crippen MR) is 57.1 cm³/mol. The molecule has 0 saturated heterocycles. The van der Waals surface area contributed by atoms with Crippen LogP contribution in [0.25, 0.3) is 0 Å². The number of hydrogen-bond acceptors (Lipinski definition) is 3. The Kier molecular flexibility index (Phi) is 5.21. The molecule has 0 saturated carbocycles. The Hall–Kier alpha value is -1.00. The fourth-order valence-electron chi connectivity index (χ4n) is 1.30. The van der Waals surface area contributed by atoms with E-state index < -0.39 is 0 Å². The third-order valence-corrected chi connectivity index (χ3v) is 2.10. The van der Waals surface area contributed by atoms with Gasteiger partial charge in [-0.2, -0.15) is 0 Å². The molecule has 0 aliphatic carbocycles. The van der Waals surface area contributed by atoms with Crippen LogP contribution >= 0.6 is 0 Å². The Morgan fingerprint density at radius 1 is 1.60 bits per heavy atom. The Morgan fingerprint density at radius 3 is 3.00 bits per heavy atom. The highest BCUT2D eigenvalue weighted by Gasteiger charge is 2.14. The van der Waals surface area contributed by atoms with Gasteiger partial charge in [-0.3, -0.25) is 4.98 Å². The van der Waals surface area contributed by atoms with E-state index >= 15 is 0 Å². The Bertz CT molecular complexity index is 294. The van der Waals surface area contributed by atoms with Gasteiger partial charge in [0.25, 0.3) is 0 Å². The normalized spacial score (nSPS) is 12.7. The molecule has 1 atom stereocenters. The van der Waals surface area contributed by atoms with Crippen molar-refractivity contribution in [2.45, 2.75) is 19.4 Å². The first-order valence-electron chi connectivity index (χ1n) is 5.15. The van der Waals surface area contributed by atoms with Crippen molar-refractivity contribution in [3.8, 4) is 0 Å². The SMILES string of the molecule is CCCOCC(NC)c1ncccc1F. The second kappa shape index (κ2) is 6.48. The molecule has 15 heavy (non-hydrogen) atoms. The topological polar surface area (TPSA) is 34.1 Å². The van der Waals surface area contributed by atoms with E-state index in [2.05, 4.69) is 10.3 Å². The lowest BCUT2D eigenvalue weighted by Crippen LogP contribution is -2.24. The number of likely N-dealkylation sites (N-methyl/N-ethyl adjacent to an activating group) is 1. The first-order chi connectivity index (χ1) is 7.29. The summed E-state index contributed by atoms with van der Waals surface area (Å²) in [4.78, 5) is 4.01. The second-order valence-corrected chi connectivity index (χ2v) is 3.29. The van der Waals surface area contributed by atoms with Gasteiger partial charge in [-0.05, 0) is 25.6 Å². The van der Waals surface area contributed by atoms with Crippen LogP contribution in [0.4, 0.5) is 4.39 Å². The van der Waals surface area contributed by atoms with Crippen LogP contribution in [0.15, 0.2) is 18.3 Å². The Morgan fingerprint density at radius 2 is 2.40 bits per heavy atom. The van der Waals surface area contributed by atoms with Crippen molar-refractivity contribution in [1.29, 1.82) is 0 Å². The summed E-state index contributed by atoms with van der Waals surface area (Å²) in [5, 5.41) is 2.99. The van der Waals surface area contributed by atoms with Gasteiger partial charge in [0.05, 0.1) is 18.3 Å². The highest BCUT2D eigenvalue weighted by atomic mass is 19.1.